The third-order valence-corrected chi connectivity index (χ3v) is 7.52. The highest BCUT2D eigenvalue weighted by atomic mass is 32.1. The van der Waals surface area contributed by atoms with Crippen molar-refractivity contribution in [2.45, 2.75) is 6.04 Å². The molecule has 0 saturated carbocycles. The lowest BCUT2D eigenvalue weighted by atomic mass is 9.95. The lowest BCUT2D eigenvalue weighted by Crippen LogP contribution is -2.29. The van der Waals surface area contributed by atoms with Gasteiger partial charge in [-0.15, -0.1) is 0 Å². The van der Waals surface area contributed by atoms with E-state index in [0.717, 1.165) is 11.3 Å². The maximum Gasteiger partial charge on any atom is 0.301 e. The number of carbonyl (C=O) groups excluding carboxylic acids is 2. The Balaban J connectivity index is 1.51. The number of Topliss-reactive ketones (excluding diaryl/α,β-unsaturated/α-hetero) is 1. The van der Waals surface area contributed by atoms with E-state index in [0.29, 0.717) is 38.6 Å². The van der Waals surface area contributed by atoms with Gasteiger partial charge in [0.15, 0.2) is 5.13 Å². The molecule has 1 aliphatic rings. The van der Waals surface area contributed by atoms with Gasteiger partial charge < -0.3 is 14.6 Å². The van der Waals surface area contributed by atoms with Crippen molar-refractivity contribution in [1.29, 1.82) is 0 Å². The van der Waals surface area contributed by atoms with Gasteiger partial charge in [-0.25, -0.2) is 9.37 Å². The minimum Gasteiger partial charge on any atom is -0.507 e. The predicted octanol–water partition coefficient (Wildman–Crippen LogP) is 6.86. The second kappa shape index (κ2) is 10.3. The molecule has 6 rings (SSSR count). The van der Waals surface area contributed by atoms with E-state index in [9.17, 15) is 19.1 Å². The Hall–Kier alpha value is -5.02. The maximum absolute atomic E-state index is 13.9. The number of benzene rings is 4. The predicted molar refractivity (Wildman–Crippen MR) is 150 cm³/mol. The van der Waals surface area contributed by atoms with E-state index in [1.807, 2.05) is 30.3 Å². The van der Waals surface area contributed by atoms with Crippen LogP contribution in [0.1, 0.15) is 17.2 Å². The average molecular weight is 553 g/mol. The number of ketones is 1. The minimum atomic E-state index is -1.02. The van der Waals surface area contributed by atoms with E-state index in [1.165, 1.54) is 30.2 Å². The fraction of sp³-hybridized carbons (Fsp3) is 0.0645. The number of para-hydroxylation sites is 1. The summed E-state index contributed by atoms with van der Waals surface area (Å²) in [6.45, 7) is 0. The van der Waals surface area contributed by atoms with Crippen LogP contribution in [0.15, 0.2) is 103 Å². The highest BCUT2D eigenvalue weighted by molar-refractivity contribution is 7.22. The van der Waals surface area contributed by atoms with Crippen molar-refractivity contribution in [2.75, 3.05) is 12.0 Å². The smallest absolute Gasteiger partial charge is 0.301 e. The zero-order chi connectivity index (χ0) is 27.8. The number of rotatable bonds is 6. The molecule has 1 unspecified atom stereocenters. The van der Waals surface area contributed by atoms with Crippen LogP contribution in [0.2, 0.25) is 0 Å². The number of fused-ring (bicyclic) bond motifs is 1. The Bertz CT molecular complexity index is 1780. The molecular weight excluding hydrogens is 531 g/mol. The molecule has 7 nitrogen and oxygen atoms in total. The largest absolute Gasteiger partial charge is 0.507 e. The van der Waals surface area contributed by atoms with Crippen molar-refractivity contribution in [3.05, 3.63) is 120 Å². The molecule has 198 valence electrons. The van der Waals surface area contributed by atoms with Gasteiger partial charge in [0.25, 0.3) is 5.78 Å². The van der Waals surface area contributed by atoms with E-state index in [-0.39, 0.29) is 16.5 Å². The van der Waals surface area contributed by atoms with Gasteiger partial charge in [-0.05, 0) is 72.3 Å². The van der Waals surface area contributed by atoms with E-state index in [2.05, 4.69) is 4.98 Å². The lowest BCUT2D eigenvalue weighted by molar-refractivity contribution is -0.132. The number of anilines is 1. The third-order valence-electron chi connectivity index (χ3n) is 6.51. The minimum absolute atomic E-state index is 0.0996. The van der Waals surface area contributed by atoms with E-state index in [1.54, 1.807) is 48.5 Å². The first-order valence-corrected chi connectivity index (χ1v) is 13.1. The molecule has 1 aromatic heterocycles. The van der Waals surface area contributed by atoms with Gasteiger partial charge in [0.1, 0.15) is 28.8 Å². The topological polar surface area (TPSA) is 89.0 Å². The van der Waals surface area contributed by atoms with Gasteiger partial charge >= 0.3 is 5.91 Å². The van der Waals surface area contributed by atoms with Crippen LogP contribution in [0, 0.1) is 5.82 Å². The molecule has 0 spiro atoms. The number of ether oxygens (including phenoxy) is 2. The highest BCUT2D eigenvalue weighted by Crippen LogP contribution is 2.45. The van der Waals surface area contributed by atoms with Crippen molar-refractivity contribution in [1.82, 2.24) is 4.98 Å². The van der Waals surface area contributed by atoms with E-state index < -0.39 is 23.5 Å². The number of hydrogen-bond donors (Lipinski definition) is 1. The van der Waals surface area contributed by atoms with Crippen molar-refractivity contribution in [3.8, 4) is 17.2 Å². The van der Waals surface area contributed by atoms with Gasteiger partial charge in [-0.1, -0.05) is 41.7 Å². The van der Waals surface area contributed by atoms with Crippen LogP contribution >= 0.6 is 11.3 Å². The fourth-order valence-electron chi connectivity index (χ4n) is 4.61. The highest BCUT2D eigenvalue weighted by Gasteiger charge is 2.48. The van der Waals surface area contributed by atoms with E-state index >= 15 is 0 Å². The van der Waals surface area contributed by atoms with Crippen molar-refractivity contribution in [2.24, 2.45) is 0 Å². The summed E-state index contributed by atoms with van der Waals surface area (Å²) in [5.74, 6) is -0.833. The second-order valence-electron chi connectivity index (χ2n) is 8.99. The van der Waals surface area contributed by atoms with Crippen LogP contribution in [-0.4, -0.2) is 28.9 Å². The first-order valence-electron chi connectivity index (χ1n) is 12.3. The standard InChI is InChI=1S/C31H21FN2O5S/c1-38-21-13-10-18(11-14-21)28(35)26-27(19-6-5-9-23(16-19)39-22-7-3-2-4-8-22)34(30(37)29(26)36)31-33-24-15-12-20(32)17-25(24)40-31/h2-17,27,35H,1H3. The summed E-state index contributed by atoms with van der Waals surface area (Å²) in [4.78, 5) is 32.8. The number of aliphatic hydroxyl groups excluding tert-OH is 1. The molecule has 0 aliphatic carbocycles. The Morgan fingerprint density at radius 1 is 0.900 bits per heavy atom. The molecule has 1 saturated heterocycles. The molecular formula is C31H21FN2O5S. The Morgan fingerprint density at radius 2 is 1.65 bits per heavy atom. The Kier molecular flexibility index (Phi) is 6.49. The molecule has 1 aliphatic heterocycles. The first-order chi connectivity index (χ1) is 19.4. The number of thiazole rings is 1. The average Bonchev–Trinajstić information content (AvgIpc) is 3.50. The number of aromatic nitrogens is 1. The van der Waals surface area contributed by atoms with Crippen molar-refractivity contribution >= 4 is 44.1 Å². The number of methoxy groups -OCH3 is 1. The van der Waals surface area contributed by atoms with Crippen LogP contribution < -0.4 is 14.4 Å². The van der Waals surface area contributed by atoms with Gasteiger partial charge in [0.2, 0.25) is 0 Å². The summed E-state index contributed by atoms with van der Waals surface area (Å²) in [6, 6.07) is 25.8. The zero-order valence-electron chi connectivity index (χ0n) is 21.1. The summed E-state index contributed by atoms with van der Waals surface area (Å²) in [5, 5.41) is 11.6. The van der Waals surface area contributed by atoms with Gasteiger partial charge in [-0.3, -0.25) is 14.5 Å². The first kappa shape index (κ1) is 25.3. The summed E-state index contributed by atoms with van der Waals surface area (Å²) in [6.07, 6.45) is 0. The van der Waals surface area contributed by atoms with Crippen LogP contribution in [0.25, 0.3) is 16.0 Å². The van der Waals surface area contributed by atoms with Crippen LogP contribution in [-0.2, 0) is 9.59 Å². The number of aliphatic hydroxyl groups is 1. The SMILES string of the molecule is COc1ccc(C(O)=C2C(=O)C(=O)N(c3nc4ccc(F)cc4s3)C2c2cccc(Oc3ccccc3)c2)cc1. The van der Waals surface area contributed by atoms with Crippen LogP contribution in [0.5, 0.6) is 17.2 Å². The number of amides is 1. The molecule has 2 heterocycles. The van der Waals surface area contributed by atoms with Gasteiger partial charge in [0.05, 0.1) is 28.9 Å². The van der Waals surface area contributed by atoms with E-state index in [4.69, 9.17) is 9.47 Å². The van der Waals surface area contributed by atoms with Crippen LogP contribution in [0.3, 0.4) is 0 Å². The molecule has 1 fully saturated rings. The number of nitrogens with zero attached hydrogens (tertiary/aromatic N) is 2. The summed E-state index contributed by atoms with van der Waals surface area (Å²) in [5.41, 5.74) is 1.25. The second-order valence-corrected chi connectivity index (χ2v) is 10.0. The van der Waals surface area contributed by atoms with Crippen molar-refractivity contribution in [3.63, 3.8) is 0 Å². The quantitative estimate of drug-likeness (QED) is 0.141. The number of carbonyl (C=O) groups is 2. The third kappa shape index (κ3) is 4.56. The van der Waals surface area contributed by atoms with Crippen LogP contribution in [0.4, 0.5) is 9.52 Å². The molecule has 1 N–H and O–H groups in total. The molecule has 9 heteroatoms. The summed E-state index contributed by atoms with van der Waals surface area (Å²) >= 11 is 1.08. The molecule has 0 radical (unpaired) electrons. The zero-order valence-corrected chi connectivity index (χ0v) is 21.9. The monoisotopic (exact) mass is 552 g/mol. The molecule has 4 aromatic carbocycles. The van der Waals surface area contributed by atoms with Crippen molar-refractivity contribution < 1.29 is 28.6 Å². The molecule has 5 aromatic rings. The van der Waals surface area contributed by atoms with Gasteiger partial charge in [0, 0.05) is 5.56 Å². The maximum atomic E-state index is 13.9. The summed E-state index contributed by atoms with van der Waals surface area (Å²) in [7, 11) is 1.52. The summed E-state index contributed by atoms with van der Waals surface area (Å²) < 4.78 is 25.6. The van der Waals surface area contributed by atoms with Gasteiger partial charge in [-0.2, -0.15) is 0 Å². The molecule has 0 bridgehead atoms. The Labute approximate surface area is 232 Å². The number of halogens is 1. The Morgan fingerprint density at radius 3 is 2.40 bits per heavy atom. The molecule has 1 amide bonds. The molecule has 1 atom stereocenters. The normalized spacial score (nSPS) is 16.4. The fourth-order valence-corrected chi connectivity index (χ4v) is 5.63. The lowest BCUT2D eigenvalue weighted by Gasteiger charge is -2.23. The molecule has 40 heavy (non-hydrogen) atoms. The number of hydrogen-bond acceptors (Lipinski definition) is 7.